The number of esters is 1. The highest BCUT2D eigenvalue weighted by atomic mass is 19.4. The van der Waals surface area contributed by atoms with Crippen LogP contribution in [-0.4, -0.2) is 54.5 Å². The Morgan fingerprint density at radius 2 is 2.04 bits per heavy atom. The van der Waals surface area contributed by atoms with Crippen LogP contribution in [0.3, 0.4) is 0 Å². The first kappa shape index (κ1) is 19.2. The lowest BCUT2D eigenvalue weighted by Crippen LogP contribution is -2.48. The van der Waals surface area contributed by atoms with Gasteiger partial charge in [0, 0.05) is 6.04 Å². The molecule has 0 aliphatic carbocycles. The number of fused-ring (bicyclic) bond motifs is 1. The molecule has 1 unspecified atom stereocenters. The van der Waals surface area contributed by atoms with E-state index in [9.17, 15) is 18.0 Å². The van der Waals surface area contributed by atoms with E-state index >= 15 is 0 Å². The van der Waals surface area contributed by atoms with Gasteiger partial charge in [0.1, 0.15) is 6.61 Å². The number of hydrogen-bond donors (Lipinski definition) is 0. The van der Waals surface area contributed by atoms with Gasteiger partial charge in [-0.3, -0.25) is 4.90 Å². The lowest BCUT2D eigenvalue weighted by molar-refractivity contribution is -0.217. The third-order valence-electron chi connectivity index (χ3n) is 5.52. The minimum absolute atomic E-state index is 0.0507. The van der Waals surface area contributed by atoms with Crippen molar-refractivity contribution in [3.05, 3.63) is 35.9 Å². The second-order valence-corrected chi connectivity index (χ2v) is 7.17. The van der Waals surface area contributed by atoms with Gasteiger partial charge in [-0.2, -0.15) is 13.2 Å². The Labute approximate surface area is 151 Å². The molecule has 2 fully saturated rings. The van der Waals surface area contributed by atoms with Gasteiger partial charge in [0.05, 0.1) is 17.7 Å². The molecule has 2 saturated heterocycles. The maximum atomic E-state index is 12.6. The van der Waals surface area contributed by atoms with Crippen molar-refractivity contribution in [2.24, 2.45) is 0 Å². The highest BCUT2D eigenvalue weighted by Gasteiger charge is 2.50. The zero-order chi connectivity index (χ0) is 18.8. The summed E-state index contributed by atoms with van der Waals surface area (Å²) in [6.45, 7) is 2.16. The molecule has 0 amide bonds. The van der Waals surface area contributed by atoms with Gasteiger partial charge < -0.3 is 9.47 Å². The standard InChI is InChI=1S/C19H24F3NO3/c1-14(19(20,21)22)25-12-16-8-10-18(9-5-11-23(16)18)13-26-17(24)15-6-3-2-4-7-15/h2-4,6-7,14,16H,5,8-13H2,1H3/t14?,16-,18-/m0/s1. The molecule has 1 aromatic rings. The molecule has 0 bridgehead atoms. The third-order valence-corrected chi connectivity index (χ3v) is 5.52. The maximum Gasteiger partial charge on any atom is 0.414 e. The van der Waals surface area contributed by atoms with Crippen LogP contribution in [0.15, 0.2) is 30.3 Å². The smallest absolute Gasteiger partial charge is 0.414 e. The minimum Gasteiger partial charge on any atom is -0.460 e. The van der Waals surface area contributed by atoms with Crippen LogP contribution in [0.25, 0.3) is 0 Å². The number of halogens is 3. The molecule has 2 heterocycles. The van der Waals surface area contributed by atoms with E-state index in [-0.39, 0.29) is 30.8 Å². The zero-order valence-corrected chi connectivity index (χ0v) is 14.8. The van der Waals surface area contributed by atoms with Crippen LogP contribution in [0.1, 0.15) is 43.0 Å². The predicted octanol–water partition coefficient (Wildman–Crippen LogP) is 3.81. The van der Waals surface area contributed by atoms with Gasteiger partial charge in [0.25, 0.3) is 0 Å². The molecule has 0 aromatic heterocycles. The van der Waals surface area contributed by atoms with Crippen molar-refractivity contribution in [1.29, 1.82) is 0 Å². The van der Waals surface area contributed by atoms with E-state index in [0.717, 1.165) is 39.2 Å². The predicted molar refractivity (Wildman–Crippen MR) is 89.9 cm³/mol. The van der Waals surface area contributed by atoms with Crippen molar-refractivity contribution in [3.63, 3.8) is 0 Å². The summed E-state index contributed by atoms with van der Waals surface area (Å²) in [5.74, 6) is -0.364. The van der Waals surface area contributed by atoms with Gasteiger partial charge in [0.15, 0.2) is 6.10 Å². The molecule has 144 valence electrons. The van der Waals surface area contributed by atoms with E-state index in [4.69, 9.17) is 9.47 Å². The van der Waals surface area contributed by atoms with Crippen LogP contribution in [0.5, 0.6) is 0 Å². The molecule has 4 nitrogen and oxygen atoms in total. The molecular weight excluding hydrogens is 347 g/mol. The quantitative estimate of drug-likeness (QED) is 0.713. The van der Waals surface area contributed by atoms with Crippen molar-refractivity contribution < 1.29 is 27.4 Å². The summed E-state index contributed by atoms with van der Waals surface area (Å²) in [5, 5.41) is 0. The topological polar surface area (TPSA) is 38.8 Å². The van der Waals surface area contributed by atoms with Crippen molar-refractivity contribution in [2.75, 3.05) is 19.8 Å². The van der Waals surface area contributed by atoms with Crippen LogP contribution in [-0.2, 0) is 9.47 Å². The van der Waals surface area contributed by atoms with Gasteiger partial charge >= 0.3 is 12.1 Å². The summed E-state index contributed by atoms with van der Waals surface area (Å²) >= 11 is 0. The minimum atomic E-state index is -4.34. The van der Waals surface area contributed by atoms with Gasteiger partial charge in [0.2, 0.25) is 0 Å². The van der Waals surface area contributed by atoms with Crippen LogP contribution in [0.4, 0.5) is 13.2 Å². The van der Waals surface area contributed by atoms with E-state index < -0.39 is 12.3 Å². The number of nitrogens with zero attached hydrogens (tertiary/aromatic N) is 1. The zero-order valence-electron chi connectivity index (χ0n) is 14.8. The molecule has 0 spiro atoms. The summed E-state index contributed by atoms with van der Waals surface area (Å²) in [5.41, 5.74) is 0.241. The summed E-state index contributed by atoms with van der Waals surface area (Å²) in [7, 11) is 0. The van der Waals surface area contributed by atoms with E-state index in [1.54, 1.807) is 24.3 Å². The monoisotopic (exact) mass is 371 g/mol. The number of carbonyl (C=O) groups is 1. The second kappa shape index (κ2) is 7.56. The Morgan fingerprint density at radius 3 is 2.73 bits per heavy atom. The van der Waals surface area contributed by atoms with Crippen LogP contribution in [0.2, 0.25) is 0 Å². The summed E-state index contributed by atoms with van der Waals surface area (Å²) in [4.78, 5) is 14.4. The Kier molecular flexibility index (Phi) is 5.58. The maximum absolute atomic E-state index is 12.6. The summed E-state index contributed by atoms with van der Waals surface area (Å²) in [6, 6.07) is 8.74. The van der Waals surface area contributed by atoms with E-state index in [1.807, 2.05) is 6.07 Å². The average molecular weight is 371 g/mol. The fourth-order valence-electron chi connectivity index (χ4n) is 4.00. The Morgan fingerprint density at radius 1 is 1.31 bits per heavy atom. The lowest BCUT2D eigenvalue weighted by atomic mass is 9.95. The SMILES string of the molecule is CC(OC[C@@H]1CC[C@]2(COC(=O)c3ccccc3)CCCN12)C(F)(F)F. The van der Waals surface area contributed by atoms with Crippen molar-refractivity contribution in [2.45, 2.75) is 56.5 Å². The van der Waals surface area contributed by atoms with Crippen LogP contribution < -0.4 is 0 Å². The van der Waals surface area contributed by atoms with E-state index in [2.05, 4.69) is 4.90 Å². The summed E-state index contributed by atoms with van der Waals surface area (Å²) < 4.78 is 48.5. The summed E-state index contributed by atoms with van der Waals surface area (Å²) in [6.07, 6.45) is -2.70. The number of benzene rings is 1. The van der Waals surface area contributed by atoms with Crippen molar-refractivity contribution in [1.82, 2.24) is 4.90 Å². The molecule has 2 aliphatic rings. The molecule has 3 rings (SSSR count). The average Bonchev–Trinajstić information content (AvgIpc) is 3.17. The highest BCUT2D eigenvalue weighted by Crippen LogP contribution is 2.43. The number of rotatable bonds is 6. The van der Waals surface area contributed by atoms with Crippen molar-refractivity contribution in [3.8, 4) is 0 Å². The van der Waals surface area contributed by atoms with E-state index in [1.165, 1.54) is 0 Å². The van der Waals surface area contributed by atoms with Gasteiger partial charge in [-0.15, -0.1) is 0 Å². The molecule has 0 saturated carbocycles. The molecule has 0 radical (unpaired) electrons. The fraction of sp³-hybridized carbons (Fsp3) is 0.632. The van der Waals surface area contributed by atoms with Crippen LogP contribution >= 0.6 is 0 Å². The number of carbonyl (C=O) groups excluding carboxylic acids is 1. The number of ether oxygens (including phenoxy) is 2. The molecule has 26 heavy (non-hydrogen) atoms. The first-order valence-electron chi connectivity index (χ1n) is 8.99. The van der Waals surface area contributed by atoms with E-state index in [0.29, 0.717) is 5.56 Å². The van der Waals surface area contributed by atoms with Gasteiger partial charge in [-0.05, 0) is 51.3 Å². The Balaban J connectivity index is 1.57. The number of hydrogen-bond acceptors (Lipinski definition) is 4. The first-order chi connectivity index (χ1) is 12.3. The van der Waals surface area contributed by atoms with Crippen molar-refractivity contribution >= 4 is 5.97 Å². The second-order valence-electron chi connectivity index (χ2n) is 7.17. The lowest BCUT2D eigenvalue weighted by Gasteiger charge is -2.34. The normalized spacial score (nSPS) is 27.3. The van der Waals surface area contributed by atoms with Crippen LogP contribution in [0, 0.1) is 0 Å². The molecule has 7 heteroatoms. The van der Waals surface area contributed by atoms with Gasteiger partial charge in [-0.25, -0.2) is 4.79 Å². The first-order valence-corrected chi connectivity index (χ1v) is 8.99. The molecular formula is C19H24F3NO3. The largest absolute Gasteiger partial charge is 0.460 e. The highest BCUT2D eigenvalue weighted by molar-refractivity contribution is 5.89. The molecule has 0 N–H and O–H groups in total. The molecule has 1 aromatic carbocycles. The molecule has 3 atom stereocenters. The Bertz CT molecular complexity index is 622. The van der Waals surface area contributed by atoms with Gasteiger partial charge in [-0.1, -0.05) is 18.2 Å². The molecule has 2 aliphatic heterocycles. The Hall–Kier alpha value is -1.60. The number of alkyl halides is 3. The third kappa shape index (κ3) is 4.04. The fourth-order valence-corrected chi connectivity index (χ4v) is 4.00.